The summed E-state index contributed by atoms with van der Waals surface area (Å²) in [5.41, 5.74) is 0. The fourth-order valence-corrected chi connectivity index (χ4v) is 1.42. The second-order valence-electron chi connectivity index (χ2n) is 2.84. The summed E-state index contributed by atoms with van der Waals surface area (Å²) in [5.74, 6) is 2.48. The highest BCUT2D eigenvalue weighted by atomic mass is 32.2. The number of nitrogens with zero attached hydrogens (tertiary/aromatic N) is 1. The van der Waals surface area contributed by atoms with Crippen LogP contribution in [-0.4, -0.2) is 49.6 Å². The molecule has 0 fully saturated rings. The summed E-state index contributed by atoms with van der Waals surface area (Å²) in [5, 5.41) is 3.42. The molecule has 0 saturated carbocycles. The van der Waals surface area contributed by atoms with E-state index in [2.05, 4.69) is 31.1 Å². The summed E-state index contributed by atoms with van der Waals surface area (Å²) >= 11 is 2.00. The van der Waals surface area contributed by atoms with Gasteiger partial charge < -0.3 is 10.2 Å². The topological polar surface area (TPSA) is 15.3 Å². The van der Waals surface area contributed by atoms with E-state index in [1.165, 1.54) is 11.5 Å². The van der Waals surface area contributed by atoms with Crippen molar-refractivity contribution in [3.63, 3.8) is 0 Å². The molecule has 3 heteroatoms. The molecule has 0 radical (unpaired) electrons. The molecule has 0 aromatic carbocycles. The Bertz CT molecular complexity index is 88.6. The first-order valence-corrected chi connectivity index (χ1v) is 5.93. The first-order valence-electron chi connectivity index (χ1n) is 4.78. The molecule has 0 atom stereocenters. The van der Waals surface area contributed by atoms with Crippen LogP contribution >= 0.6 is 11.8 Å². The molecule has 0 unspecified atom stereocenters. The van der Waals surface area contributed by atoms with E-state index in [1.54, 1.807) is 0 Å². The van der Waals surface area contributed by atoms with Crippen molar-refractivity contribution < 1.29 is 0 Å². The molecule has 2 nitrogen and oxygen atoms in total. The van der Waals surface area contributed by atoms with Crippen molar-refractivity contribution >= 4 is 11.8 Å². The monoisotopic (exact) mass is 190 g/mol. The molecule has 0 aromatic heterocycles. The average Bonchev–Trinajstić information content (AvgIpc) is 2.10. The third-order valence-electron chi connectivity index (χ3n) is 1.84. The highest BCUT2D eigenvalue weighted by Crippen LogP contribution is 1.94. The largest absolute Gasteiger partial charge is 0.315 e. The maximum Gasteiger partial charge on any atom is 0.0104 e. The van der Waals surface area contributed by atoms with Crippen molar-refractivity contribution in [2.45, 2.75) is 13.8 Å². The van der Waals surface area contributed by atoms with Crippen LogP contribution in [0.4, 0.5) is 0 Å². The molecule has 74 valence electrons. The lowest BCUT2D eigenvalue weighted by atomic mass is 10.5. The van der Waals surface area contributed by atoms with Crippen LogP contribution in [0.3, 0.4) is 0 Å². The maximum atomic E-state index is 3.42. The molecule has 0 aliphatic rings. The first kappa shape index (κ1) is 12.3. The molecular formula is C9H22N2S. The van der Waals surface area contributed by atoms with Crippen molar-refractivity contribution in [1.82, 2.24) is 10.2 Å². The summed E-state index contributed by atoms with van der Waals surface area (Å²) in [6.07, 6.45) is 0. The van der Waals surface area contributed by atoms with Gasteiger partial charge in [0.15, 0.2) is 0 Å². The Morgan fingerprint density at radius 2 is 2.00 bits per heavy atom. The number of rotatable bonds is 8. The van der Waals surface area contributed by atoms with E-state index < -0.39 is 0 Å². The third kappa shape index (κ3) is 8.37. The molecule has 0 saturated heterocycles. The third-order valence-corrected chi connectivity index (χ3v) is 2.74. The van der Waals surface area contributed by atoms with Crippen LogP contribution in [-0.2, 0) is 0 Å². The molecule has 12 heavy (non-hydrogen) atoms. The zero-order valence-electron chi connectivity index (χ0n) is 8.60. The van der Waals surface area contributed by atoms with Crippen molar-refractivity contribution in [3.05, 3.63) is 0 Å². The van der Waals surface area contributed by atoms with E-state index in [0.29, 0.717) is 0 Å². The first-order chi connectivity index (χ1) is 5.81. The standard InChI is InChI=1S/C9H22N2S/c1-4-11(3)8-6-10-7-9-12-5-2/h10H,4-9H2,1-3H3. The lowest BCUT2D eigenvalue weighted by Crippen LogP contribution is -2.30. The van der Waals surface area contributed by atoms with Crippen LogP contribution in [0.1, 0.15) is 13.8 Å². The Kier molecular flexibility index (Phi) is 9.57. The van der Waals surface area contributed by atoms with Crippen molar-refractivity contribution in [2.24, 2.45) is 0 Å². The Labute approximate surface area is 81.1 Å². The van der Waals surface area contributed by atoms with Crippen LogP contribution in [0, 0.1) is 0 Å². The minimum absolute atomic E-state index is 1.12. The van der Waals surface area contributed by atoms with Crippen LogP contribution in [0.25, 0.3) is 0 Å². The van der Waals surface area contributed by atoms with Crippen LogP contribution in [0.15, 0.2) is 0 Å². The molecule has 0 heterocycles. The Balaban J connectivity index is 2.90. The summed E-state index contributed by atoms with van der Waals surface area (Å²) in [7, 11) is 2.16. The van der Waals surface area contributed by atoms with Gasteiger partial charge in [0, 0.05) is 25.4 Å². The predicted octanol–water partition coefficient (Wildman–Crippen LogP) is 1.28. The molecule has 1 N–H and O–H groups in total. The molecular weight excluding hydrogens is 168 g/mol. The quantitative estimate of drug-likeness (QED) is 0.581. The SMILES string of the molecule is CCSCCNCCN(C)CC. The van der Waals surface area contributed by atoms with E-state index in [1.807, 2.05) is 11.8 Å². The van der Waals surface area contributed by atoms with Crippen molar-refractivity contribution in [2.75, 3.05) is 44.7 Å². The summed E-state index contributed by atoms with van der Waals surface area (Å²) in [4.78, 5) is 2.32. The molecule has 0 spiro atoms. The Morgan fingerprint density at radius 3 is 2.58 bits per heavy atom. The molecule has 0 rings (SSSR count). The number of nitrogens with one attached hydrogen (secondary N) is 1. The van der Waals surface area contributed by atoms with Gasteiger partial charge in [0.05, 0.1) is 0 Å². The minimum atomic E-state index is 1.12. The molecule has 0 aromatic rings. The second kappa shape index (κ2) is 9.36. The van der Waals surface area contributed by atoms with Gasteiger partial charge >= 0.3 is 0 Å². The van der Waals surface area contributed by atoms with E-state index in [0.717, 1.165) is 26.2 Å². The van der Waals surface area contributed by atoms with Gasteiger partial charge in [0.25, 0.3) is 0 Å². The maximum absolute atomic E-state index is 3.42. The Morgan fingerprint density at radius 1 is 1.25 bits per heavy atom. The number of hydrogen-bond acceptors (Lipinski definition) is 3. The molecule has 0 amide bonds. The Hall–Kier alpha value is 0.270. The lowest BCUT2D eigenvalue weighted by Gasteiger charge is -2.13. The van der Waals surface area contributed by atoms with Crippen LogP contribution in [0.5, 0.6) is 0 Å². The van der Waals surface area contributed by atoms with E-state index in [4.69, 9.17) is 0 Å². The summed E-state index contributed by atoms with van der Waals surface area (Å²) in [6.45, 7) is 8.96. The summed E-state index contributed by atoms with van der Waals surface area (Å²) < 4.78 is 0. The normalized spacial score (nSPS) is 11.0. The highest BCUT2D eigenvalue weighted by molar-refractivity contribution is 7.99. The van der Waals surface area contributed by atoms with Crippen LogP contribution < -0.4 is 5.32 Å². The smallest absolute Gasteiger partial charge is 0.0104 e. The number of likely N-dealkylation sites (N-methyl/N-ethyl adjacent to an activating group) is 1. The minimum Gasteiger partial charge on any atom is -0.315 e. The number of thioether (sulfide) groups is 1. The lowest BCUT2D eigenvalue weighted by molar-refractivity contribution is 0.351. The fourth-order valence-electron chi connectivity index (χ4n) is 0.842. The van der Waals surface area contributed by atoms with Gasteiger partial charge in [-0.05, 0) is 19.3 Å². The molecule has 0 aliphatic carbocycles. The van der Waals surface area contributed by atoms with Gasteiger partial charge in [0.1, 0.15) is 0 Å². The van der Waals surface area contributed by atoms with Crippen LogP contribution in [0.2, 0.25) is 0 Å². The fraction of sp³-hybridized carbons (Fsp3) is 1.00. The van der Waals surface area contributed by atoms with Crippen molar-refractivity contribution in [3.8, 4) is 0 Å². The van der Waals surface area contributed by atoms with Gasteiger partial charge in [-0.15, -0.1) is 0 Å². The van der Waals surface area contributed by atoms with Gasteiger partial charge in [0.2, 0.25) is 0 Å². The molecule has 0 bridgehead atoms. The zero-order chi connectivity index (χ0) is 9.23. The van der Waals surface area contributed by atoms with Crippen molar-refractivity contribution in [1.29, 1.82) is 0 Å². The van der Waals surface area contributed by atoms with E-state index >= 15 is 0 Å². The van der Waals surface area contributed by atoms with E-state index in [-0.39, 0.29) is 0 Å². The van der Waals surface area contributed by atoms with E-state index in [9.17, 15) is 0 Å². The van der Waals surface area contributed by atoms with Gasteiger partial charge in [-0.25, -0.2) is 0 Å². The number of hydrogen-bond donors (Lipinski definition) is 1. The second-order valence-corrected chi connectivity index (χ2v) is 4.24. The highest BCUT2D eigenvalue weighted by Gasteiger charge is 1.92. The average molecular weight is 190 g/mol. The van der Waals surface area contributed by atoms with Gasteiger partial charge in [-0.2, -0.15) is 11.8 Å². The van der Waals surface area contributed by atoms with Gasteiger partial charge in [-0.3, -0.25) is 0 Å². The predicted molar refractivity (Wildman–Crippen MR) is 59.0 cm³/mol. The zero-order valence-corrected chi connectivity index (χ0v) is 9.41. The van der Waals surface area contributed by atoms with Gasteiger partial charge in [-0.1, -0.05) is 13.8 Å². The molecule has 0 aliphatic heterocycles. The summed E-state index contributed by atoms with van der Waals surface area (Å²) in [6, 6.07) is 0.